The van der Waals surface area contributed by atoms with E-state index in [2.05, 4.69) is 33.9 Å². The molecule has 0 aliphatic heterocycles. The van der Waals surface area contributed by atoms with Gasteiger partial charge in [-0.25, -0.2) is 0 Å². The molecular formula is C14H22Cl2OSi. The number of ether oxygens (including phenoxy) is 1. The fraction of sp³-hybridized carbons (Fsp3) is 0.571. The lowest BCUT2D eigenvalue weighted by Gasteiger charge is -2.25. The van der Waals surface area contributed by atoms with Gasteiger partial charge in [0.15, 0.2) is 7.38 Å². The minimum absolute atomic E-state index is 0.00298. The Bertz CT molecular complexity index is 431. The normalized spacial score (nSPS) is 12.7. The molecule has 0 aliphatic carbocycles. The van der Waals surface area contributed by atoms with Crippen LogP contribution < -0.4 is 4.74 Å². The Labute approximate surface area is 121 Å². The summed E-state index contributed by atoms with van der Waals surface area (Å²) in [5.74, 6) is 0.938. The molecule has 0 unspecified atom stereocenters. The summed E-state index contributed by atoms with van der Waals surface area (Å²) in [4.78, 5) is 0. The van der Waals surface area contributed by atoms with Crippen LogP contribution >= 0.6 is 22.7 Å². The summed E-state index contributed by atoms with van der Waals surface area (Å²) >= 11 is 12.7. The number of methoxy groups -OCH3 is 1. The summed E-state index contributed by atoms with van der Waals surface area (Å²) in [7, 11) is -0.00402. The SMILES string of the molecule is COc1c(C[Si](C)(C)Cl)cc(Cl)cc1C(C)(C)C. The molecule has 0 heterocycles. The highest BCUT2D eigenvalue weighted by Gasteiger charge is 2.26. The first kappa shape index (κ1) is 15.9. The molecule has 0 bridgehead atoms. The molecule has 0 saturated heterocycles. The second kappa shape index (κ2) is 5.44. The van der Waals surface area contributed by atoms with E-state index in [1.54, 1.807) is 7.11 Å². The average Bonchev–Trinajstić information content (AvgIpc) is 2.12. The maximum absolute atomic E-state index is 6.46. The largest absolute Gasteiger partial charge is 0.496 e. The number of hydrogen-bond donors (Lipinski definition) is 0. The van der Waals surface area contributed by atoms with E-state index in [-0.39, 0.29) is 5.41 Å². The third-order valence-electron chi connectivity index (χ3n) is 2.75. The van der Waals surface area contributed by atoms with Crippen LogP contribution in [0.4, 0.5) is 0 Å². The molecule has 1 aromatic carbocycles. The summed E-state index contributed by atoms with van der Waals surface area (Å²) in [6.45, 7) is 10.7. The van der Waals surface area contributed by atoms with Crippen LogP contribution in [0, 0.1) is 0 Å². The standard InChI is InChI=1S/C14H22Cl2OSi/c1-14(2,3)12-8-11(15)7-10(13(12)17-4)9-18(5,6)16/h7-8H,9H2,1-6H3. The van der Waals surface area contributed by atoms with Crippen LogP contribution in [0.5, 0.6) is 5.75 Å². The van der Waals surface area contributed by atoms with E-state index >= 15 is 0 Å². The lowest BCUT2D eigenvalue weighted by atomic mass is 9.85. The Morgan fingerprint density at radius 2 is 1.78 bits per heavy atom. The molecule has 0 N–H and O–H groups in total. The van der Waals surface area contributed by atoms with Crippen molar-refractivity contribution in [2.24, 2.45) is 0 Å². The van der Waals surface area contributed by atoms with Crippen LogP contribution in [0.1, 0.15) is 31.9 Å². The second-order valence-electron chi connectivity index (χ2n) is 6.29. The minimum Gasteiger partial charge on any atom is -0.496 e. The van der Waals surface area contributed by atoms with Gasteiger partial charge in [0, 0.05) is 10.6 Å². The molecule has 1 rings (SSSR count). The molecule has 0 aromatic heterocycles. The van der Waals surface area contributed by atoms with Crippen molar-refractivity contribution in [2.75, 3.05) is 7.11 Å². The van der Waals surface area contributed by atoms with Crippen molar-refractivity contribution in [3.8, 4) is 5.75 Å². The molecule has 0 aliphatic rings. The zero-order valence-corrected chi connectivity index (χ0v) is 14.5. The van der Waals surface area contributed by atoms with Crippen molar-refractivity contribution in [3.63, 3.8) is 0 Å². The smallest absolute Gasteiger partial charge is 0.154 e. The summed E-state index contributed by atoms with van der Waals surface area (Å²) in [5.41, 5.74) is 2.27. The van der Waals surface area contributed by atoms with E-state index in [1.165, 1.54) is 0 Å². The van der Waals surface area contributed by atoms with E-state index in [4.69, 9.17) is 27.4 Å². The Morgan fingerprint density at radius 3 is 2.17 bits per heavy atom. The number of halogens is 2. The Kier molecular flexibility index (Phi) is 4.79. The highest BCUT2D eigenvalue weighted by atomic mass is 35.6. The zero-order chi connectivity index (χ0) is 14.1. The molecule has 1 aromatic rings. The quantitative estimate of drug-likeness (QED) is 0.553. The molecule has 0 radical (unpaired) electrons. The van der Waals surface area contributed by atoms with Crippen molar-refractivity contribution in [2.45, 2.75) is 45.3 Å². The molecule has 0 fully saturated rings. The number of rotatable bonds is 3. The molecular weight excluding hydrogens is 283 g/mol. The van der Waals surface area contributed by atoms with Gasteiger partial charge in [-0.2, -0.15) is 11.1 Å². The van der Waals surface area contributed by atoms with Gasteiger partial charge >= 0.3 is 0 Å². The van der Waals surface area contributed by atoms with Crippen LogP contribution in [-0.2, 0) is 11.5 Å². The third-order valence-corrected chi connectivity index (χ3v) is 4.59. The van der Waals surface area contributed by atoms with Crippen LogP contribution in [0.25, 0.3) is 0 Å². The van der Waals surface area contributed by atoms with Gasteiger partial charge in [0.2, 0.25) is 0 Å². The lowest BCUT2D eigenvalue weighted by Crippen LogP contribution is -2.22. The van der Waals surface area contributed by atoms with Crippen molar-refractivity contribution in [1.29, 1.82) is 0 Å². The van der Waals surface area contributed by atoms with Gasteiger partial charge in [-0.05, 0) is 29.2 Å². The first-order valence-corrected chi connectivity index (χ1v) is 10.7. The van der Waals surface area contributed by atoms with Crippen LogP contribution in [0.15, 0.2) is 12.1 Å². The van der Waals surface area contributed by atoms with E-state index in [1.807, 2.05) is 12.1 Å². The maximum Gasteiger partial charge on any atom is 0.154 e. The number of hydrogen-bond acceptors (Lipinski definition) is 1. The molecule has 102 valence electrons. The van der Waals surface area contributed by atoms with Crippen LogP contribution in [-0.4, -0.2) is 14.5 Å². The van der Waals surface area contributed by atoms with Crippen molar-refractivity contribution < 1.29 is 4.74 Å². The van der Waals surface area contributed by atoms with E-state index in [0.29, 0.717) is 0 Å². The van der Waals surface area contributed by atoms with Gasteiger partial charge in [0.25, 0.3) is 0 Å². The second-order valence-corrected chi connectivity index (χ2v) is 13.6. The van der Waals surface area contributed by atoms with Gasteiger partial charge in [-0.1, -0.05) is 45.5 Å². The maximum atomic E-state index is 6.46. The Hall–Kier alpha value is -0.183. The molecule has 0 amide bonds. The molecule has 18 heavy (non-hydrogen) atoms. The highest BCUT2D eigenvalue weighted by Crippen LogP contribution is 2.38. The van der Waals surface area contributed by atoms with Gasteiger partial charge in [-0.15, -0.1) is 0 Å². The lowest BCUT2D eigenvalue weighted by molar-refractivity contribution is 0.394. The van der Waals surface area contributed by atoms with Gasteiger partial charge in [-0.3, -0.25) is 0 Å². The molecule has 0 spiro atoms. The average molecular weight is 305 g/mol. The predicted octanol–water partition coefficient (Wildman–Crippen LogP) is 5.17. The highest BCUT2D eigenvalue weighted by molar-refractivity contribution is 7.18. The number of benzene rings is 1. The Balaban J connectivity index is 3.39. The van der Waals surface area contributed by atoms with E-state index in [0.717, 1.165) is 27.9 Å². The topological polar surface area (TPSA) is 9.23 Å². The van der Waals surface area contributed by atoms with Crippen LogP contribution in [0.2, 0.25) is 18.1 Å². The van der Waals surface area contributed by atoms with Gasteiger partial charge in [0.05, 0.1) is 7.11 Å². The molecule has 0 saturated carbocycles. The van der Waals surface area contributed by atoms with Gasteiger partial charge < -0.3 is 4.74 Å². The minimum atomic E-state index is -1.72. The first-order valence-electron chi connectivity index (χ1n) is 6.10. The fourth-order valence-corrected chi connectivity index (χ4v) is 3.87. The summed E-state index contributed by atoms with van der Waals surface area (Å²) < 4.78 is 5.61. The molecule has 4 heteroatoms. The molecule has 1 nitrogen and oxygen atoms in total. The van der Waals surface area contributed by atoms with E-state index < -0.39 is 7.38 Å². The van der Waals surface area contributed by atoms with Crippen molar-refractivity contribution in [3.05, 3.63) is 28.3 Å². The monoisotopic (exact) mass is 304 g/mol. The third kappa shape index (κ3) is 4.18. The van der Waals surface area contributed by atoms with Crippen molar-refractivity contribution in [1.82, 2.24) is 0 Å². The van der Waals surface area contributed by atoms with E-state index in [9.17, 15) is 0 Å². The van der Waals surface area contributed by atoms with Crippen molar-refractivity contribution >= 4 is 30.1 Å². The Morgan fingerprint density at radius 1 is 1.22 bits per heavy atom. The first-order chi connectivity index (χ1) is 8.04. The van der Waals surface area contributed by atoms with Gasteiger partial charge in [0.1, 0.15) is 5.75 Å². The zero-order valence-electron chi connectivity index (χ0n) is 12.0. The summed E-state index contributed by atoms with van der Waals surface area (Å²) in [6.07, 6.45) is 0. The fourth-order valence-electron chi connectivity index (χ4n) is 2.03. The van der Waals surface area contributed by atoms with Crippen LogP contribution in [0.3, 0.4) is 0 Å². The molecule has 0 atom stereocenters. The predicted molar refractivity (Wildman–Crippen MR) is 83.7 cm³/mol. The summed E-state index contributed by atoms with van der Waals surface area (Å²) in [5, 5.41) is 0.755. The summed E-state index contributed by atoms with van der Waals surface area (Å²) in [6, 6.07) is 4.83.